The van der Waals surface area contributed by atoms with Gasteiger partial charge in [0.15, 0.2) is 0 Å². The molecule has 2 aromatic heterocycles. The lowest BCUT2D eigenvalue weighted by atomic mass is 10.2. The monoisotopic (exact) mass is 264 g/mol. The number of aromatic nitrogens is 1. The highest BCUT2D eigenvalue weighted by atomic mass is 32.2. The average Bonchev–Trinajstić information content (AvgIpc) is 2.79. The van der Waals surface area contributed by atoms with Crippen LogP contribution in [0.5, 0.6) is 0 Å². The molecule has 0 aliphatic carbocycles. The summed E-state index contributed by atoms with van der Waals surface area (Å²) in [5.74, 6) is 0. The van der Waals surface area contributed by atoms with Gasteiger partial charge in [-0.1, -0.05) is 0 Å². The number of rotatable bonds is 2. The molecule has 88 valence electrons. The quantitative estimate of drug-likeness (QED) is 0.846. The maximum absolute atomic E-state index is 10.0. The van der Waals surface area contributed by atoms with Crippen molar-refractivity contribution in [3.8, 4) is 0 Å². The van der Waals surface area contributed by atoms with E-state index in [9.17, 15) is 5.11 Å². The Balaban J connectivity index is 1.76. The van der Waals surface area contributed by atoms with Crippen LogP contribution in [0.3, 0.4) is 0 Å². The first-order chi connectivity index (χ1) is 8.33. The van der Waals surface area contributed by atoms with Gasteiger partial charge in [0.1, 0.15) is 0 Å². The number of thiophene rings is 1. The van der Waals surface area contributed by atoms with E-state index in [0.717, 1.165) is 12.1 Å². The molecule has 1 aliphatic rings. The highest BCUT2D eigenvalue weighted by Gasteiger charge is 2.25. The number of aliphatic hydroxyl groups excluding tert-OH is 1. The van der Waals surface area contributed by atoms with E-state index in [4.69, 9.17) is 0 Å². The summed E-state index contributed by atoms with van der Waals surface area (Å²) < 4.78 is 3.40. The van der Waals surface area contributed by atoms with E-state index in [1.807, 2.05) is 23.6 Å². The summed E-state index contributed by atoms with van der Waals surface area (Å²) in [4.78, 5) is 4.01. The summed E-state index contributed by atoms with van der Waals surface area (Å²) in [5.41, 5.74) is 2.30. The minimum atomic E-state index is -0.362. The standard InChI is InChI=1S/C12H12N2OS2/c15-11-8-14(7-9-1-4-13-5-2-9)17-12-10(11)3-6-16-12/h1-6,11,15H,7-8H2. The Morgan fingerprint density at radius 3 is 3.00 bits per heavy atom. The second-order valence-corrected chi connectivity index (χ2v) is 6.23. The molecule has 1 aliphatic heterocycles. The summed E-state index contributed by atoms with van der Waals surface area (Å²) in [5, 5.41) is 12.1. The van der Waals surface area contributed by atoms with Gasteiger partial charge in [0, 0.05) is 31.0 Å². The largest absolute Gasteiger partial charge is 0.387 e. The zero-order valence-electron chi connectivity index (χ0n) is 9.11. The predicted molar refractivity (Wildman–Crippen MR) is 69.8 cm³/mol. The number of hydrogen-bond donors (Lipinski definition) is 1. The van der Waals surface area contributed by atoms with Crippen LogP contribution in [0.4, 0.5) is 0 Å². The summed E-state index contributed by atoms with van der Waals surface area (Å²) in [6.45, 7) is 1.51. The van der Waals surface area contributed by atoms with Crippen molar-refractivity contribution in [3.63, 3.8) is 0 Å². The van der Waals surface area contributed by atoms with Crippen molar-refractivity contribution in [3.05, 3.63) is 47.1 Å². The van der Waals surface area contributed by atoms with Crippen molar-refractivity contribution >= 4 is 23.3 Å². The van der Waals surface area contributed by atoms with Gasteiger partial charge in [-0.05, 0) is 41.1 Å². The molecule has 0 spiro atoms. The topological polar surface area (TPSA) is 36.4 Å². The Morgan fingerprint density at radius 1 is 1.35 bits per heavy atom. The first-order valence-electron chi connectivity index (χ1n) is 5.40. The van der Waals surface area contributed by atoms with Gasteiger partial charge in [0.2, 0.25) is 0 Å². The number of hydrogen-bond acceptors (Lipinski definition) is 5. The number of nitrogens with zero attached hydrogens (tertiary/aromatic N) is 2. The molecule has 17 heavy (non-hydrogen) atoms. The van der Waals surface area contributed by atoms with Crippen LogP contribution in [0.2, 0.25) is 0 Å². The number of aliphatic hydroxyl groups is 1. The lowest BCUT2D eigenvalue weighted by molar-refractivity contribution is 0.143. The van der Waals surface area contributed by atoms with Crippen molar-refractivity contribution in [2.24, 2.45) is 0 Å². The molecule has 1 N–H and O–H groups in total. The van der Waals surface area contributed by atoms with Crippen molar-refractivity contribution in [1.29, 1.82) is 0 Å². The smallest absolute Gasteiger partial charge is 0.0946 e. The Morgan fingerprint density at radius 2 is 2.18 bits per heavy atom. The summed E-state index contributed by atoms with van der Waals surface area (Å²) in [7, 11) is 0. The van der Waals surface area contributed by atoms with E-state index >= 15 is 0 Å². The van der Waals surface area contributed by atoms with Crippen LogP contribution in [0, 0.1) is 0 Å². The molecule has 0 amide bonds. The average molecular weight is 264 g/mol. The molecule has 3 heterocycles. The van der Waals surface area contributed by atoms with Crippen LogP contribution in [0.1, 0.15) is 17.2 Å². The molecule has 0 saturated heterocycles. The van der Waals surface area contributed by atoms with E-state index in [1.165, 1.54) is 9.77 Å². The Kier molecular flexibility index (Phi) is 3.15. The molecule has 3 rings (SSSR count). The molecular weight excluding hydrogens is 252 g/mol. The summed E-state index contributed by atoms with van der Waals surface area (Å²) >= 11 is 3.43. The third kappa shape index (κ3) is 2.37. The van der Waals surface area contributed by atoms with Gasteiger partial charge in [-0.3, -0.25) is 4.98 Å². The minimum absolute atomic E-state index is 0.362. The molecule has 0 saturated carbocycles. The van der Waals surface area contributed by atoms with E-state index in [2.05, 4.69) is 9.29 Å². The number of β-amino-alcohol motifs (C(OH)–C–C–N with tert-alkyl or cyclic N) is 1. The first kappa shape index (κ1) is 11.2. The number of pyridine rings is 1. The van der Waals surface area contributed by atoms with Crippen LogP contribution in [0.15, 0.2) is 40.2 Å². The Labute approximate surface area is 108 Å². The fourth-order valence-corrected chi connectivity index (χ4v) is 4.17. The van der Waals surface area contributed by atoms with Crippen LogP contribution in [-0.2, 0) is 6.54 Å². The third-order valence-corrected chi connectivity index (χ3v) is 4.89. The Hall–Kier alpha value is -0.880. The van der Waals surface area contributed by atoms with Gasteiger partial charge in [-0.15, -0.1) is 11.3 Å². The van der Waals surface area contributed by atoms with Gasteiger partial charge < -0.3 is 5.11 Å². The van der Waals surface area contributed by atoms with Gasteiger partial charge in [0.05, 0.1) is 10.3 Å². The Bertz CT molecular complexity index is 500. The molecular formula is C12H12N2OS2. The lowest BCUT2D eigenvalue weighted by Crippen LogP contribution is -2.25. The fraction of sp³-hybridized carbons (Fsp3) is 0.250. The highest BCUT2D eigenvalue weighted by Crippen LogP contribution is 2.40. The van der Waals surface area contributed by atoms with Gasteiger partial charge >= 0.3 is 0 Å². The van der Waals surface area contributed by atoms with Crippen LogP contribution >= 0.6 is 23.3 Å². The fourth-order valence-electron chi connectivity index (χ4n) is 1.86. The molecule has 5 heteroatoms. The second kappa shape index (κ2) is 4.78. The second-order valence-electron chi connectivity index (χ2n) is 3.95. The minimum Gasteiger partial charge on any atom is -0.387 e. The lowest BCUT2D eigenvalue weighted by Gasteiger charge is -2.28. The van der Waals surface area contributed by atoms with E-state index < -0.39 is 0 Å². The van der Waals surface area contributed by atoms with Gasteiger partial charge in [-0.2, -0.15) is 0 Å². The van der Waals surface area contributed by atoms with Gasteiger partial charge in [0.25, 0.3) is 0 Å². The van der Waals surface area contributed by atoms with Crippen LogP contribution in [-0.4, -0.2) is 20.9 Å². The van der Waals surface area contributed by atoms with Crippen LogP contribution < -0.4 is 0 Å². The summed E-state index contributed by atoms with van der Waals surface area (Å²) in [6.07, 6.45) is 3.24. The molecule has 0 bridgehead atoms. The van der Waals surface area contributed by atoms with Crippen molar-refractivity contribution < 1.29 is 5.11 Å². The van der Waals surface area contributed by atoms with E-state index in [0.29, 0.717) is 6.54 Å². The van der Waals surface area contributed by atoms with Crippen molar-refractivity contribution in [1.82, 2.24) is 9.29 Å². The maximum atomic E-state index is 10.0. The van der Waals surface area contributed by atoms with Crippen molar-refractivity contribution in [2.75, 3.05) is 6.54 Å². The highest BCUT2D eigenvalue weighted by molar-refractivity contribution is 7.99. The zero-order chi connectivity index (χ0) is 11.7. The molecule has 2 aromatic rings. The predicted octanol–water partition coefficient (Wildman–Crippen LogP) is 2.70. The SMILES string of the molecule is OC1CN(Cc2ccncc2)Sc2sccc21. The maximum Gasteiger partial charge on any atom is 0.0946 e. The van der Waals surface area contributed by atoms with Crippen LogP contribution in [0.25, 0.3) is 0 Å². The van der Waals surface area contributed by atoms with Gasteiger partial charge in [-0.25, -0.2) is 4.31 Å². The van der Waals surface area contributed by atoms with Crippen molar-refractivity contribution in [2.45, 2.75) is 16.9 Å². The summed E-state index contributed by atoms with van der Waals surface area (Å²) in [6, 6.07) is 6.04. The number of fused-ring (bicyclic) bond motifs is 1. The zero-order valence-corrected chi connectivity index (χ0v) is 10.7. The molecule has 0 radical (unpaired) electrons. The molecule has 3 nitrogen and oxygen atoms in total. The van der Waals surface area contributed by atoms with E-state index in [-0.39, 0.29) is 6.10 Å². The van der Waals surface area contributed by atoms with E-state index in [1.54, 1.807) is 35.7 Å². The molecule has 1 unspecified atom stereocenters. The molecule has 0 aromatic carbocycles. The molecule has 0 fully saturated rings. The first-order valence-corrected chi connectivity index (χ1v) is 7.05. The normalized spacial score (nSPS) is 20.2. The molecule has 1 atom stereocenters. The third-order valence-electron chi connectivity index (χ3n) is 2.71.